The minimum absolute atomic E-state index is 0. The molecule has 5 nitrogen and oxygen atoms in total. The molecule has 0 aliphatic carbocycles. The molecule has 0 aliphatic rings. The van der Waals surface area contributed by atoms with Crippen LogP contribution in [0.4, 0.5) is 4.39 Å². The van der Waals surface area contributed by atoms with Crippen LogP contribution in [0.15, 0.2) is 53.5 Å². The summed E-state index contributed by atoms with van der Waals surface area (Å²) in [5.41, 5.74) is 1.91. The molecule has 7 heteroatoms. The highest BCUT2D eigenvalue weighted by Gasteiger charge is 2.09. The quantitative estimate of drug-likeness (QED) is 0.266. The van der Waals surface area contributed by atoms with Crippen molar-refractivity contribution in [1.29, 1.82) is 0 Å². The minimum Gasteiger partial charge on any atom is -0.497 e. The third kappa shape index (κ3) is 8.57. The SMILES string of the molecule is CCNC(=NCC(O)c1ccc(F)cc1)NCCC(C)c1ccc(OC)cc1.I. The molecule has 0 amide bonds. The Bertz CT molecular complexity index is 739. The van der Waals surface area contributed by atoms with Crippen molar-refractivity contribution in [2.45, 2.75) is 32.3 Å². The molecule has 0 aromatic heterocycles. The normalized spacial score (nSPS) is 13.2. The van der Waals surface area contributed by atoms with E-state index in [0.717, 1.165) is 25.3 Å². The Labute approximate surface area is 189 Å². The smallest absolute Gasteiger partial charge is 0.191 e. The van der Waals surface area contributed by atoms with Crippen LogP contribution in [0, 0.1) is 5.82 Å². The van der Waals surface area contributed by atoms with Crippen LogP contribution in [0.3, 0.4) is 0 Å². The van der Waals surface area contributed by atoms with E-state index in [2.05, 4.69) is 34.7 Å². The van der Waals surface area contributed by atoms with Crippen LogP contribution in [0.2, 0.25) is 0 Å². The number of ether oxygens (including phenoxy) is 1. The van der Waals surface area contributed by atoms with Gasteiger partial charge in [-0.3, -0.25) is 4.99 Å². The number of hydrogen-bond donors (Lipinski definition) is 3. The van der Waals surface area contributed by atoms with Crippen LogP contribution in [-0.4, -0.2) is 37.8 Å². The molecule has 0 heterocycles. The lowest BCUT2D eigenvalue weighted by atomic mass is 9.98. The van der Waals surface area contributed by atoms with Gasteiger partial charge in [0.05, 0.1) is 19.8 Å². The lowest BCUT2D eigenvalue weighted by Gasteiger charge is -2.16. The highest BCUT2D eigenvalue weighted by molar-refractivity contribution is 14.0. The van der Waals surface area contributed by atoms with Crippen LogP contribution >= 0.6 is 24.0 Å². The first-order valence-corrected chi connectivity index (χ1v) is 9.63. The monoisotopic (exact) mass is 515 g/mol. The van der Waals surface area contributed by atoms with Gasteiger partial charge in [-0.25, -0.2) is 4.39 Å². The van der Waals surface area contributed by atoms with Gasteiger partial charge in [-0.05, 0) is 54.7 Å². The Morgan fingerprint density at radius 3 is 2.28 bits per heavy atom. The fraction of sp³-hybridized carbons (Fsp3) is 0.409. The van der Waals surface area contributed by atoms with Gasteiger partial charge in [0.25, 0.3) is 0 Å². The summed E-state index contributed by atoms with van der Waals surface area (Å²) in [6.07, 6.45) is 0.173. The minimum atomic E-state index is -0.769. The van der Waals surface area contributed by atoms with Gasteiger partial charge in [0.2, 0.25) is 0 Å². The summed E-state index contributed by atoms with van der Waals surface area (Å²) >= 11 is 0. The molecule has 2 aromatic rings. The molecule has 2 aromatic carbocycles. The summed E-state index contributed by atoms with van der Waals surface area (Å²) in [5, 5.41) is 16.7. The fourth-order valence-corrected chi connectivity index (χ4v) is 2.82. The van der Waals surface area contributed by atoms with E-state index >= 15 is 0 Å². The summed E-state index contributed by atoms with van der Waals surface area (Å²) in [4.78, 5) is 4.44. The Kier molecular flexibility index (Phi) is 11.6. The molecular formula is C22H31FIN3O2. The number of nitrogens with one attached hydrogen (secondary N) is 2. The molecular weight excluding hydrogens is 484 g/mol. The molecule has 2 rings (SSSR count). The van der Waals surface area contributed by atoms with E-state index in [1.54, 1.807) is 19.2 Å². The molecule has 2 atom stereocenters. The van der Waals surface area contributed by atoms with Crippen LogP contribution in [0.5, 0.6) is 5.75 Å². The average Bonchev–Trinajstić information content (AvgIpc) is 2.72. The number of aliphatic imine (C=N–C) groups is 1. The predicted octanol–water partition coefficient (Wildman–Crippen LogP) is 4.23. The number of rotatable bonds is 9. The number of aliphatic hydroxyl groups excluding tert-OH is 1. The number of hydrogen-bond acceptors (Lipinski definition) is 3. The largest absolute Gasteiger partial charge is 0.497 e. The predicted molar refractivity (Wildman–Crippen MR) is 127 cm³/mol. The molecule has 0 aliphatic heterocycles. The van der Waals surface area contributed by atoms with Crippen molar-refractivity contribution < 1.29 is 14.2 Å². The summed E-state index contributed by atoms with van der Waals surface area (Å²) < 4.78 is 18.2. The van der Waals surface area contributed by atoms with E-state index in [-0.39, 0.29) is 36.3 Å². The third-order valence-electron chi connectivity index (χ3n) is 4.58. The Hall–Kier alpha value is -1.87. The van der Waals surface area contributed by atoms with Crippen molar-refractivity contribution in [3.63, 3.8) is 0 Å². The third-order valence-corrected chi connectivity index (χ3v) is 4.58. The van der Waals surface area contributed by atoms with E-state index in [9.17, 15) is 9.50 Å². The second kappa shape index (κ2) is 13.4. The number of benzene rings is 2. The zero-order chi connectivity index (χ0) is 20.4. The summed E-state index contributed by atoms with van der Waals surface area (Å²) in [5.74, 6) is 1.59. The maximum atomic E-state index is 13.0. The van der Waals surface area contributed by atoms with Gasteiger partial charge in [-0.1, -0.05) is 31.2 Å². The summed E-state index contributed by atoms with van der Waals surface area (Å²) in [7, 11) is 1.66. The van der Waals surface area contributed by atoms with E-state index in [1.807, 2.05) is 19.1 Å². The van der Waals surface area contributed by atoms with Crippen LogP contribution in [-0.2, 0) is 0 Å². The van der Waals surface area contributed by atoms with Gasteiger partial charge in [-0.2, -0.15) is 0 Å². The number of nitrogens with zero attached hydrogens (tertiary/aromatic N) is 1. The number of halogens is 2. The first-order valence-electron chi connectivity index (χ1n) is 9.63. The Morgan fingerprint density at radius 1 is 1.07 bits per heavy atom. The van der Waals surface area contributed by atoms with Gasteiger partial charge in [-0.15, -0.1) is 24.0 Å². The maximum absolute atomic E-state index is 13.0. The lowest BCUT2D eigenvalue weighted by molar-refractivity contribution is 0.187. The van der Waals surface area contributed by atoms with E-state index in [0.29, 0.717) is 17.4 Å². The van der Waals surface area contributed by atoms with Crippen LogP contribution in [0.25, 0.3) is 0 Å². The fourth-order valence-electron chi connectivity index (χ4n) is 2.82. The molecule has 0 bridgehead atoms. The number of guanidine groups is 1. The molecule has 0 spiro atoms. The highest BCUT2D eigenvalue weighted by atomic mass is 127. The van der Waals surface area contributed by atoms with Gasteiger partial charge in [0.15, 0.2) is 5.96 Å². The molecule has 160 valence electrons. The van der Waals surface area contributed by atoms with E-state index in [1.165, 1.54) is 17.7 Å². The second-order valence-electron chi connectivity index (χ2n) is 6.68. The maximum Gasteiger partial charge on any atom is 0.191 e. The standard InChI is InChI=1S/C22H30FN3O2.HI/c1-4-24-22(26-15-21(27)18-5-9-19(23)10-6-18)25-14-13-16(2)17-7-11-20(28-3)12-8-17;/h5-12,16,21,27H,4,13-15H2,1-3H3,(H2,24,25,26);1H. The van der Waals surface area contributed by atoms with Gasteiger partial charge >= 0.3 is 0 Å². The molecule has 0 radical (unpaired) electrons. The second-order valence-corrected chi connectivity index (χ2v) is 6.68. The molecule has 29 heavy (non-hydrogen) atoms. The molecule has 0 fully saturated rings. The topological polar surface area (TPSA) is 65.9 Å². The van der Waals surface area contributed by atoms with Crippen molar-refractivity contribution in [3.8, 4) is 5.75 Å². The van der Waals surface area contributed by atoms with E-state index in [4.69, 9.17) is 4.74 Å². The first-order chi connectivity index (χ1) is 13.5. The first kappa shape index (κ1) is 25.2. The summed E-state index contributed by atoms with van der Waals surface area (Å²) in [6, 6.07) is 13.9. The number of aliphatic hydroxyl groups is 1. The molecule has 2 unspecified atom stereocenters. The van der Waals surface area contributed by atoms with Crippen molar-refractivity contribution in [2.75, 3.05) is 26.7 Å². The van der Waals surface area contributed by atoms with Gasteiger partial charge in [0.1, 0.15) is 11.6 Å². The van der Waals surface area contributed by atoms with Crippen molar-refractivity contribution in [2.24, 2.45) is 4.99 Å². The molecule has 0 saturated carbocycles. The Morgan fingerprint density at radius 2 is 1.69 bits per heavy atom. The highest BCUT2D eigenvalue weighted by Crippen LogP contribution is 2.21. The van der Waals surface area contributed by atoms with Crippen molar-refractivity contribution in [3.05, 3.63) is 65.5 Å². The van der Waals surface area contributed by atoms with Gasteiger partial charge in [0, 0.05) is 13.1 Å². The molecule has 0 saturated heterocycles. The number of methoxy groups -OCH3 is 1. The van der Waals surface area contributed by atoms with E-state index < -0.39 is 6.10 Å². The van der Waals surface area contributed by atoms with Crippen molar-refractivity contribution >= 4 is 29.9 Å². The zero-order valence-electron chi connectivity index (χ0n) is 17.2. The summed E-state index contributed by atoms with van der Waals surface area (Å²) in [6.45, 7) is 5.87. The molecule has 3 N–H and O–H groups in total. The van der Waals surface area contributed by atoms with Gasteiger partial charge < -0.3 is 20.5 Å². The van der Waals surface area contributed by atoms with Crippen LogP contribution in [0.1, 0.15) is 43.4 Å². The Balaban J connectivity index is 0.00000420. The van der Waals surface area contributed by atoms with Crippen LogP contribution < -0.4 is 15.4 Å². The average molecular weight is 515 g/mol. The van der Waals surface area contributed by atoms with Crippen molar-refractivity contribution in [1.82, 2.24) is 10.6 Å². The zero-order valence-corrected chi connectivity index (χ0v) is 19.5. The lowest BCUT2D eigenvalue weighted by Crippen LogP contribution is -2.38.